The molecular weight excluding hydrogens is 302 g/mol. The minimum Gasteiger partial charge on any atom is -0.389 e. The lowest BCUT2D eigenvalue weighted by Crippen LogP contribution is -2.43. The second-order valence-corrected chi connectivity index (χ2v) is 6.27. The van der Waals surface area contributed by atoms with Gasteiger partial charge in [-0.2, -0.15) is 5.26 Å². The zero-order chi connectivity index (χ0) is 17.6. The molecule has 0 bridgehead atoms. The van der Waals surface area contributed by atoms with Crippen LogP contribution in [0.25, 0.3) is 0 Å². The largest absolute Gasteiger partial charge is 0.389 e. The third-order valence-electron chi connectivity index (χ3n) is 3.35. The van der Waals surface area contributed by atoms with E-state index in [2.05, 4.69) is 5.32 Å². The van der Waals surface area contributed by atoms with Crippen LogP contribution in [-0.2, 0) is 6.54 Å². The van der Waals surface area contributed by atoms with Crippen LogP contribution in [0.2, 0.25) is 0 Å². The molecule has 0 aliphatic heterocycles. The molecule has 5 heteroatoms. The molecular formula is C19H21N3O2. The molecule has 2 N–H and O–H groups in total. The van der Waals surface area contributed by atoms with Crippen LogP contribution in [-0.4, -0.2) is 28.2 Å². The second-order valence-electron chi connectivity index (χ2n) is 6.27. The van der Waals surface area contributed by atoms with E-state index in [4.69, 9.17) is 5.26 Å². The first-order valence-electron chi connectivity index (χ1n) is 7.70. The first-order chi connectivity index (χ1) is 11.4. The Balaban J connectivity index is 2.12. The van der Waals surface area contributed by atoms with Crippen molar-refractivity contribution in [3.8, 4) is 6.07 Å². The molecule has 24 heavy (non-hydrogen) atoms. The smallest absolute Gasteiger partial charge is 0.322 e. The van der Waals surface area contributed by atoms with Gasteiger partial charge in [0.2, 0.25) is 0 Å². The summed E-state index contributed by atoms with van der Waals surface area (Å²) in [7, 11) is 0. The van der Waals surface area contributed by atoms with Crippen molar-refractivity contribution in [1.29, 1.82) is 5.26 Å². The number of hydrogen-bond acceptors (Lipinski definition) is 3. The summed E-state index contributed by atoms with van der Waals surface area (Å²) in [5.41, 5.74) is 1.12. The maximum absolute atomic E-state index is 12.6. The highest BCUT2D eigenvalue weighted by Gasteiger charge is 2.22. The van der Waals surface area contributed by atoms with E-state index in [1.54, 1.807) is 43.0 Å². The van der Waals surface area contributed by atoms with Gasteiger partial charge in [0.15, 0.2) is 0 Å². The van der Waals surface area contributed by atoms with Gasteiger partial charge in [-0.1, -0.05) is 30.3 Å². The predicted molar refractivity (Wildman–Crippen MR) is 93.3 cm³/mol. The van der Waals surface area contributed by atoms with Crippen molar-refractivity contribution in [1.82, 2.24) is 4.90 Å². The predicted octanol–water partition coefficient (Wildman–Crippen LogP) is 3.36. The number of anilines is 1. The highest BCUT2D eigenvalue weighted by atomic mass is 16.3. The first kappa shape index (κ1) is 17.5. The van der Waals surface area contributed by atoms with Crippen LogP contribution in [0.4, 0.5) is 10.5 Å². The molecule has 2 rings (SSSR count). The monoisotopic (exact) mass is 323 g/mol. The summed E-state index contributed by atoms with van der Waals surface area (Å²) in [6.45, 7) is 3.93. The number of hydrogen-bond donors (Lipinski definition) is 2. The summed E-state index contributed by atoms with van der Waals surface area (Å²) in [6, 6.07) is 18.0. The van der Waals surface area contributed by atoms with E-state index < -0.39 is 5.60 Å². The number of carbonyl (C=O) groups excluding carboxylic acids is 1. The molecule has 2 aromatic carbocycles. The summed E-state index contributed by atoms with van der Waals surface area (Å²) < 4.78 is 0. The quantitative estimate of drug-likeness (QED) is 0.886. The van der Waals surface area contributed by atoms with E-state index in [9.17, 15) is 9.90 Å². The van der Waals surface area contributed by atoms with Gasteiger partial charge in [-0.05, 0) is 43.7 Å². The summed E-state index contributed by atoms with van der Waals surface area (Å²) in [5.74, 6) is 0. The van der Waals surface area contributed by atoms with Crippen molar-refractivity contribution < 1.29 is 9.90 Å². The van der Waals surface area contributed by atoms with Crippen molar-refractivity contribution in [2.75, 3.05) is 11.9 Å². The molecule has 0 aliphatic carbocycles. The highest BCUT2D eigenvalue weighted by molar-refractivity contribution is 5.89. The lowest BCUT2D eigenvalue weighted by atomic mass is 10.1. The van der Waals surface area contributed by atoms with Crippen LogP contribution in [0.15, 0.2) is 54.6 Å². The van der Waals surface area contributed by atoms with Crippen LogP contribution in [0.1, 0.15) is 25.0 Å². The molecule has 0 aromatic heterocycles. The fraction of sp³-hybridized carbons (Fsp3) is 0.263. The molecule has 5 nitrogen and oxygen atoms in total. The van der Waals surface area contributed by atoms with Crippen LogP contribution in [0.3, 0.4) is 0 Å². The maximum Gasteiger partial charge on any atom is 0.322 e. The molecule has 0 atom stereocenters. The third kappa shape index (κ3) is 5.41. The first-order valence-corrected chi connectivity index (χ1v) is 7.70. The Morgan fingerprint density at radius 3 is 2.33 bits per heavy atom. The molecule has 0 unspecified atom stereocenters. The number of urea groups is 1. The van der Waals surface area contributed by atoms with Gasteiger partial charge in [0.05, 0.1) is 23.8 Å². The van der Waals surface area contributed by atoms with Gasteiger partial charge in [-0.3, -0.25) is 0 Å². The van der Waals surface area contributed by atoms with Gasteiger partial charge >= 0.3 is 6.03 Å². The number of nitrogens with zero attached hydrogens (tertiary/aromatic N) is 2. The summed E-state index contributed by atoms with van der Waals surface area (Å²) in [5, 5.41) is 21.7. The molecule has 2 amide bonds. The molecule has 124 valence electrons. The molecule has 0 aliphatic rings. The van der Waals surface area contributed by atoms with Crippen molar-refractivity contribution in [2.24, 2.45) is 0 Å². The third-order valence-corrected chi connectivity index (χ3v) is 3.35. The molecule has 2 aromatic rings. The Morgan fingerprint density at radius 1 is 1.17 bits per heavy atom. The van der Waals surface area contributed by atoms with E-state index in [1.807, 2.05) is 36.4 Å². The fourth-order valence-electron chi connectivity index (χ4n) is 2.30. The Bertz CT molecular complexity index is 713. The number of amides is 2. The highest BCUT2D eigenvalue weighted by Crippen LogP contribution is 2.14. The zero-order valence-electron chi connectivity index (χ0n) is 13.9. The molecule has 0 radical (unpaired) electrons. The van der Waals surface area contributed by atoms with Gasteiger partial charge in [-0.15, -0.1) is 0 Å². The topological polar surface area (TPSA) is 76.4 Å². The Hall–Kier alpha value is -2.84. The van der Waals surface area contributed by atoms with E-state index in [-0.39, 0.29) is 12.6 Å². The van der Waals surface area contributed by atoms with E-state index in [0.29, 0.717) is 17.8 Å². The minimum atomic E-state index is -1.00. The summed E-state index contributed by atoms with van der Waals surface area (Å²) >= 11 is 0. The number of aliphatic hydroxyl groups is 1. The summed E-state index contributed by atoms with van der Waals surface area (Å²) in [4.78, 5) is 14.2. The zero-order valence-corrected chi connectivity index (χ0v) is 13.9. The number of rotatable bonds is 5. The fourth-order valence-corrected chi connectivity index (χ4v) is 2.30. The maximum atomic E-state index is 12.6. The van der Waals surface area contributed by atoms with Gasteiger partial charge < -0.3 is 15.3 Å². The Labute approximate surface area is 142 Å². The van der Waals surface area contributed by atoms with Crippen molar-refractivity contribution in [2.45, 2.75) is 26.0 Å². The Kier molecular flexibility index (Phi) is 5.56. The SMILES string of the molecule is CC(C)(O)CN(Cc1ccccc1)C(=O)Nc1ccc(C#N)cc1. The van der Waals surface area contributed by atoms with E-state index in [1.165, 1.54) is 0 Å². The van der Waals surface area contributed by atoms with E-state index >= 15 is 0 Å². The number of nitriles is 1. The van der Waals surface area contributed by atoms with Crippen molar-refractivity contribution >= 4 is 11.7 Å². The molecule has 0 fully saturated rings. The lowest BCUT2D eigenvalue weighted by molar-refractivity contribution is 0.0469. The van der Waals surface area contributed by atoms with Crippen molar-refractivity contribution in [3.05, 3.63) is 65.7 Å². The molecule has 0 heterocycles. The second kappa shape index (κ2) is 7.62. The van der Waals surface area contributed by atoms with Gasteiger partial charge in [-0.25, -0.2) is 4.79 Å². The standard InChI is InChI=1S/C19H21N3O2/c1-19(2,24)14-22(13-16-6-4-3-5-7-16)18(23)21-17-10-8-15(12-20)9-11-17/h3-11,24H,13-14H2,1-2H3,(H,21,23). The number of carbonyl (C=O) groups is 1. The van der Waals surface area contributed by atoms with E-state index in [0.717, 1.165) is 5.56 Å². The summed E-state index contributed by atoms with van der Waals surface area (Å²) in [6.07, 6.45) is 0. The van der Waals surface area contributed by atoms with Crippen molar-refractivity contribution in [3.63, 3.8) is 0 Å². The number of nitrogens with one attached hydrogen (secondary N) is 1. The number of benzene rings is 2. The average Bonchev–Trinajstić information content (AvgIpc) is 2.54. The van der Waals surface area contributed by atoms with Crippen LogP contribution >= 0.6 is 0 Å². The van der Waals surface area contributed by atoms with Gasteiger partial charge in [0, 0.05) is 12.2 Å². The van der Waals surface area contributed by atoms with Crippen LogP contribution in [0, 0.1) is 11.3 Å². The Morgan fingerprint density at radius 2 is 1.79 bits per heavy atom. The lowest BCUT2D eigenvalue weighted by Gasteiger charge is -2.29. The van der Waals surface area contributed by atoms with Gasteiger partial charge in [0.25, 0.3) is 0 Å². The van der Waals surface area contributed by atoms with Crippen LogP contribution in [0.5, 0.6) is 0 Å². The minimum absolute atomic E-state index is 0.198. The van der Waals surface area contributed by atoms with Gasteiger partial charge in [0.1, 0.15) is 0 Å². The normalized spacial score (nSPS) is 10.8. The molecule has 0 saturated carbocycles. The molecule has 0 saturated heterocycles. The molecule has 0 spiro atoms. The average molecular weight is 323 g/mol. The van der Waals surface area contributed by atoms with Crippen LogP contribution < -0.4 is 5.32 Å².